The van der Waals surface area contributed by atoms with Crippen LogP contribution in [0.1, 0.15) is 0 Å². The Kier molecular flexibility index (Phi) is 5.77. The Morgan fingerprint density at radius 2 is 0.811 bits per heavy atom. The van der Waals surface area contributed by atoms with E-state index in [4.69, 9.17) is 4.42 Å². The van der Waals surface area contributed by atoms with Crippen LogP contribution in [0.4, 0.5) is 0 Å². The topological polar surface area (TPSA) is 23.0 Å². The number of aromatic nitrogens is 2. The lowest BCUT2D eigenvalue weighted by Crippen LogP contribution is -1.95. The Bertz CT molecular complexity index is 3470. The minimum Gasteiger partial charge on any atom is -0.456 e. The number of furan rings is 1. The van der Waals surface area contributed by atoms with Crippen molar-refractivity contribution < 1.29 is 4.42 Å². The van der Waals surface area contributed by atoms with Crippen molar-refractivity contribution in [3.63, 3.8) is 0 Å². The van der Waals surface area contributed by atoms with Gasteiger partial charge in [-0.15, -0.1) is 0 Å². The van der Waals surface area contributed by atoms with E-state index in [1.54, 1.807) is 0 Å². The summed E-state index contributed by atoms with van der Waals surface area (Å²) in [6.45, 7) is 0. The number of benzene rings is 9. The molecule has 246 valence electrons. The molecule has 3 heteroatoms. The van der Waals surface area contributed by atoms with Crippen LogP contribution in [0.15, 0.2) is 186 Å². The molecule has 0 radical (unpaired) electrons. The molecule has 0 fully saturated rings. The molecule has 0 unspecified atom stereocenters. The molecule has 0 aliphatic heterocycles. The van der Waals surface area contributed by atoms with Gasteiger partial charge < -0.3 is 13.6 Å². The third-order valence-corrected chi connectivity index (χ3v) is 11.3. The first-order valence-corrected chi connectivity index (χ1v) is 18.2. The van der Waals surface area contributed by atoms with Crippen molar-refractivity contribution in [2.24, 2.45) is 0 Å². The van der Waals surface area contributed by atoms with E-state index in [0.29, 0.717) is 0 Å². The molecular weight excluding hydrogens is 645 g/mol. The zero-order chi connectivity index (χ0) is 34.6. The Balaban J connectivity index is 1.17. The van der Waals surface area contributed by atoms with Crippen molar-refractivity contribution >= 4 is 87.1 Å². The van der Waals surface area contributed by atoms with Gasteiger partial charge in [-0.25, -0.2) is 0 Å². The van der Waals surface area contributed by atoms with Gasteiger partial charge in [0.05, 0.1) is 22.1 Å². The Hall–Kier alpha value is -7.10. The number of fused-ring (bicyclic) bond motifs is 12. The molecule has 0 aliphatic carbocycles. The first kappa shape index (κ1) is 28.6. The summed E-state index contributed by atoms with van der Waals surface area (Å²) in [5.41, 5.74) is 11.2. The molecule has 0 spiro atoms. The van der Waals surface area contributed by atoms with E-state index in [0.717, 1.165) is 44.4 Å². The van der Waals surface area contributed by atoms with Gasteiger partial charge in [-0.05, 0) is 99.4 Å². The summed E-state index contributed by atoms with van der Waals surface area (Å²) in [7, 11) is 0. The normalized spacial score (nSPS) is 12.2. The second kappa shape index (κ2) is 10.7. The summed E-state index contributed by atoms with van der Waals surface area (Å²) in [5.74, 6) is 0. The molecule has 3 aromatic heterocycles. The molecule has 0 amide bonds. The van der Waals surface area contributed by atoms with E-state index in [1.807, 2.05) is 12.1 Å². The maximum Gasteiger partial charge on any atom is 0.136 e. The van der Waals surface area contributed by atoms with Crippen molar-refractivity contribution in [3.8, 4) is 22.5 Å². The van der Waals surface area contributed by atoms with Crippen LogP contribution in [-0.2, 0) is 0 Å². The van der Waals surface area contributed by atoms with Crippen molar-refractivity contribution in [1.29, 1.82) is 0 Å². The van der Waals surface area contributed by atoms with Crippen LogP contribution in [0.3, 0.4) is 0 Å². The van der Waals surface area contributed by atoms with Crippen molar-refractivity contribution in [2.75, 3.05) is 0 Å². The van der Waals surface area contributed by atoms with Crippen LogP contribution in [-0.4, -0.2) is 9.13 Å². The average Bonchev–Trinajstić information content (AvgIpc) is 3.87. The smallest absolute Gasteiger partial charge is 0.136 e. The fraction of sp³-hybridized carbons (Fsp3) is 0. The molecule has 12 rings (SSSR count). The van der Waals surface area contributed by atoms with Crippen molar-refractivity contribution in [3.05, 3.63) is 182 Å². The second-order valence-corrected chi connectivity index (χ2v) is 14.1. The molecule has 0 saturated carbocycles. The van der Waals surface area contributed by atoms with E-state index in [2.05, 4.69) is 179 Å². The maximum atomic E-state index is 6.33. The fourth-order valence-corrected chi connectivity index (χ4v) is 8.84. The second-order valence-electron chi connectivity index (χ2n) is 14.1. The summed E-state index contributed by atoms with van der Waals surface area (Å²) >= 11 is 0. The van der Waals surface area contributed by atoms with Gasteiger partial charge in [0.1, 0.15) is 11.2 Å². The molecule has 0 atom stereocenters. The molecule has 0 aliphatic rings. The monoisotopic (exact) mass is 674 g/mol. The van der Waals surface area contributed by atoms with Crippen LogP contribution < -0.4 is 0 Å². The Morgan fingerprint density at radius 3 is 1.51 bits per heavy atom. The highest BCUT2D eigenvalue weighted by molar-refractivity contribution is 6.29. The molecule has 3 heterocycles. The van der Waals surface area contributed by atoms with Gasteiger partial charge in [-0.2, -0.15) is 0 Å². The van der Waals surface area contributed by atoms with Crippen molar-refractivity contribution in [2.45, 2.75) is 0 Å². The minimum absolute atomic E-state index is 0.905. The zero-order valence-corrected chi connectivity index (χ0v) is 28.6. The lowest BCUT2D eigenvalue weighted by molar-refractivity contribution is 0.669. The minimum atomic E-state index is 0.905. The highest BCUT2D eigenvalue weighted by atomic mass is 16.3. The highest BCUT2D eigenvalue weighted by Crippen LogP contribution is 2.44. The molecule has 0 N–H and O–H groups in total. The quantitative estimate of drug-likeness (QED) is 0.183. The Morgan fingerprint density at radius 1 is 0.302 bits per heavy atom. The van der Waals surface area contributed by atoms with Crippen molar-refractivity contribution in [1.82, 2.24) is 9.13 Å². The SMILES string of the molecule is c1ccc2cc(-n3c4ccccc4c4c5c6ccc(-c7ccc8c(c7)oc7ccccc78)cc6n(-c6ccc7ccccc7c6)c5ccc43)ccc2c1. The van der Waals surface area contributed by atoms with Gasteiger partial charge in [0.15, 0.2) is 0 Å². The number of nitrogens with zero attached hydrogens (tertiary/aromatic N) is 2. The zero-order valence-electron chi connectivity index (χ0n) is 28.6. The summed E-state index contributed by atoms with van der Waals surface area (Å²) in [6.07, 6.45) is 0. The van der Waals surface area contributed by atoms with Crippen LogP contribution in [0.2, 0.25) is 0 Å². The molecule has 9 aromatic carbocycles. The first-order chi connectivity index (χ1) is 26.3. The maximum absolute atomic E-state index is 6.33. The fourth-order valence-electron chi connectivity index (χ4n) is 8.84. The predicted octanol–water partition coefficient (Wildman–Crippen LogP) is 13.8. The molecular formula is C50H30N2O. The van der Waals surface area contributed by atoms with E-state index in [9.17, 15) is 0 Å². The van der Waals surface area contributed by atoms with E-state index >= 15 is 0 Å². The van der Waals surface area contributed by atoms with Gasteiger partial charge in [-0.3, -0.25) is 0 Å². The Labute approximate surface area is 304 Å². The van der Waals surface area contributed by atoms with E-state index in [1.165, 1.54) is 65.2 Å². The molecule has 0 saturated heterocycles. The third kappa shape index (κ3) is 4.10. The molecule has 3 nitrogen and oxygen atoms in total. The standard InChI is InChI=1S/C50H30N2O/c1-3-11-33-27-37(21-17-31(33)9-1)51-43-15-7-5-14-41(43)49-44(51)25-26-45-50(49)42-24-20-35(36-19-23-40-39-13-6-8-16-47(39)53-48(40)30-36)29-46(42)52(45)38-22-18-32-10-2-4-12-34(32)28-38/h1-30H. The van der Waals surface area contributed by atoms with Crippen LogP contribution in [0.5, 0.6) is 0 Å². The van der Waals surface area contributed by atoms with Gasteiger partial charge in [0, 0.05) is 43.7 Å². The van der Waals surface area contributed by atoms with Gasteiger partial charge in [0.25, 0.3) is 0 Å². The number of rotatable bonds is 3. The number of para-hydroxylation sites is 2. The van der Waals surface area contributed by atoms with Gasteiger partial charge in [-0.1, -0.05) is 115 Å². The summed E-state index contributed by atoms with van der Waals surface area (Å²) in [4.78, 5) is 0. The lowest BCUT2D eigenvalue weighted by Gasteiger charge is -2.11. The number of hydrogen-bond acceptors (Lipinski definition) is 1. The van der Waals surface area contributed by atoms with E-state index in [-0.39, 0.29) is 0 Å². The average molecular weight is 675 g/mol. The predicted molar refractivity (Wildman–Crippen MR) is 223 cm³/mol. The lowest BCUT2D eigenvalue weighted by atomic mass is 10.0. The van der Waals surface area contributed by atoms with Crippen LogP contribution in [0, 0.1) is 0 Å². The van der Waals surface area contributed by atoms with Gasteiger partial charge >= 0.3 is 0 Å². The van der Waals surface area contributed by atoms with Gasteiger partial charge in [0.2, 0.25) is 0 Å². The molecule has 0 bridgehead atoms. The summed E-state index contributed by atoms with van der Waals surface area (Å²) < 4.78 is 11.2. The highest BCUT2D eigenvalue weighted by Gasteiger charge is 2.21. The molecule has 12 aromatic rings. The summed E-state index contributed by atoms with van der Waals surface area (Å²) in [5, 5.41) is 12.2. The van der Waals surface area contributed by atoms with Crippen LogP contribution >= 0.6 is 0 Å². The third-order valence-electron chi connectivity index (χ3n) is 11.3. The van der Waals surface area contributed by atoms with E-state index < -0.39 is 0 Å². The number of hydrogen-bond donors (Lipinski definition) is 0. The first-order valence-electron chi connectivity index (χ1n) is 18.2. The molecule has 53 heavy (non-hydrogen) atoms. The van der Waals surface area contributed by atoms with Crippen LogP contribution in [0.25, 0.3) is 110 Å². The summed E-state index contributed by atoms with van der Waals surface area (Å²) in [6, 6.07) is 66.2. The largest absolute Gasteiger partial charge is 0.456 e.